The van der Waals surface area contributed by atoms with E-state index in [4.69, 9.17) is 33.7 Å². The number of carbonyl (C=O) groups excluding carboxylic acids is 2. The van der Waals surface area contributed by atoms with Gasteiger partial charge in [0.05, 0.1) is 36.0 Å². The van der Waals surface area contributed by atoms with Gasteiger partial charge in [0.25, 0.3) is 11.8 Å². The highest BCUT2D eigenvalue weighted by Crippen LogP contribution is 2.26. The maximum absolute atomic E-state index is 13.8. The number of ether oxygens (including phenoxy) is 1. The molecule has 0 saturated heterocycles. The summed E-state index contributed by atoms with van der Waals surface area (Å²) in [6.45, 7) is 0.761. The summed E-state index contributed by atoms with van der Waals surface area (Å²) in [7, 11) is -1.99. The van der Waals surface area contributed by atoms with Crippen molar-refractivity contribution >= 4 is 50.8 Å². The van der Waals surface area contributed by atoms with Gasteiger partial charge >= 0.3 is 0 Å². The van der Waals surface area contributed by atoms with E-state index in [0.717, 1.165) is 11.8 Å². The van der Waals surface area contributed by atoms with Crippen LogP contribution in [0.25, 0.3) is 0 Å². The second-order valence-corrected chi connectivity index (χ2v) is 12.0. The number of nitrogens with one attached hydrogen (secondary N) is 1. The van der Waals surface area contributed by atoms with E-state index in [1.807, 2.05) is 12.1 Å². The maximum atomic E-state index is 13.8. The molecule has 2 amide bonds. The van der Waals surface area contributed by atoms with E-state index in [9.17, 15) is 18.0 Å². The number of hydrogen-bond acceptors (Lipinski definition) is 7. The van der Waals surface area contributed by atoms with Gasteiger partial charge in [-0.1, -0.05) is 35.3 Å². The highest BCUT2D eigenvalue weighted by molar-refractivity contribution is 7.88. The number of aliphatic imine (C=N–C) groups is 1. The van der Waals surface area contributed by atoms with E-state index < -0.39 is 22.0 Å². The van der Waals surface area contributed by atoms with E-state index in [1.54, 1.807) is 36.3 Å². The number of rotatable bonds is 7. The van der Waals surface area contributed by atoms with Crippen molar-refractivity contribution in [1.29, 1.82) is 0 Å². The fourth-order valence-electron chi connectivity index (χ4n) is 4.50. The Morgan fingerprint density at radius 1 is 1.18 bits per heavy atom. The van der Waals surface area contributed by atoms with Crippen LogP contribution in [0.15, 0.2) is 58.7 Å². The molecule has 2 aliphatic rings. The van der Waals surface area contributed by atoms with Gasteiger partial charge in [0, 0.05) is 49.4 Å². The summed E-state index contributed by atoms with van der Waals surface area (Å²) in [6, 6.07) is 11.2. The SMILES string of the molecule is COc1ccc(CN2CC(NS(C)(=O)=O)CN=C(C3=C(N)CCN(C(=O)c4ccc(Cl)c(Cl)c4)C3)C2=O)cc1. The summed E-state index contributed by atoms with van der Waals surface area (Å²) >= 11 is 12.1. The summed E-state index contributed by atoms with van der Waals surface area (Å²) in [5, 5.41) is 0.598. The lowest BCUT2D eigenvalue weighted by atomic mass is 9.99. The molecule has 0 radical (unpaired) electrons. The number of methoxy groups -OCH3 is 1. The standard InChI is InChI=1S/C26H29Cl2N5O5S/c1-38-19-6-3-16(4-7-19)13-33-14-18(31-39(2,36)37)12-30-24(26(33)35)20-15-32(10-9-23(20)29)25(34)17-5-8-21(27)22(28)11-17/h3-8,11,18,31H,9-10,12-15,29H2,1-2H3. The van der Waals surface area contributed by atoms with Crippen LogP contribution in [0.4, 0.5) is 0 Å². The predicted molar refractivity (Wildman–Crippen MR) is 151 cm³/mol. The summed E-state index contributed by atoms with van der Waals surface area (Å²) < 4.78 is 31.8. The van der Waals surface area contributed by atoms with Gasteiger partial charge in [-0.2, -0.15) is 0 Å². The molecule has 3 N–H and O–H groups in total. The molecule has 0 saturated carbocycles. The van der Waals surface area contributed by atoms with Gasteiger partial charge in [0.2, 0.25) is 10.0 Å². The Bertz CT molecular complexity index is 1440. The molecule has 2 aliphatic heterocycles. The molecule has 39 heavy (non-hydrogen) atoms. The average Bonchev–Trinajstić information content (AvgIpc) is 3.03. The van der Waals surface area contributed by atoms with Crippen LogP contribution in [0, 0.1) is 0 Å². The van der Waals surface area contributed by atoms with Crippen molar-refractivity contribution in [3.63, 3.8) is 0 Å². The molecule has 10 nitrogen and oxygen atoms in total. The zero-order chi connectivity index (χ0) is 28.3. The van der Waals surface area contributed by atoms with Gasteiger partial charge in [-0.05, 0) is 35.9 Å². The van der Waals surface area contributed by atoms with Crippen molar-refractivity contribution in [2.45, 2.75) is 19.0 Å². The summed E-state index contributed by atoms with van der Waals surface area (Å²) in [5.41, 5.74) is 8.56. The van der Waals surface area contributed by atoms with Gasteiger partial charge in [-0.15, -0.1) is 0 Å². The van der Waals surface area contributed by atoms with Crippen LogP contribution in [0.2, 0.25) is 10.0 Å². The van der Waals surface area contributed by atoms with Crippen LogP contribution in [0.1, 0.15) is 22.3 Å². The van der Waals surface area contributed by atoms with E-state index in [0.29, 0.717) is 40.6 Å². The zero-order valence-corrected chi connectivity index (χ0v) is 23.8. The number of sulfonamides is 1. The third kappa shape index (κ3) is 7.10. The molecule has 0 spiro atoms. The molecular weight excluding hydrogens is 565 g/mol. The lowest BCUT2D eigenvalue weighted by Gasteiger charge is -2.31. The molecule has 0 aliphatic carbocycles. The molecule has 13 heteroatoms. The Kier molecular flexibility index (Phi) is 8.85. The Labute approximate surface area is 237 Å². The molecule has 0 bridgehead atoms. The van der Waals surface area contributed by atoms with Crippen molar-refractivity contribution in [3.8, 4) is 5.75 Å². The van der Waals surface area contributed by atoms with Gasteiger partial charge in [-0.25, -0.2) is 13.1 Å². The van der Waals surface area contributed by atoms with Crippen LogP contribution in [0.5, 0.6) is 5.75 Å². The van der Waals surface area contributed by atoms with Crippen molar-refractivity contribution in [1.82, 2.24) is 14.5 Å². The first-order valence-corrected chi connectivity index (χ1v) is 14.8. The van der Waals surface area contributed by atoms with Gasteiger partial charge in [0.1, 0.15) is 11.5 Å². The Morgan fingerprint density at radius 3 is 2.54 bits per heavy atom. The minimum atomic E-state index is -3.56. The smallest absolute Gasteiger partial charge is 0.272 e. The lowest BCUT2D eigenvalue weighted by molar-refractivity contribution is -0.124. The molecule has 1 unspecified atom stereocenters. The maximum Gasteiger partial charge on any atom is 0.272 e. The molecule has 1 atom stereocenters. The topological polar surface area (TPSA) is 134 Å². The molecular formula is C26H29Cl2N5O5S. The Hall–Kier alpha value is -3.12. The summed E-state index contributed by atoms with van der Waals surface area (Å²) in [5.74, 6) is -0.0102. The third-order valence-corrected chi connectivity index (χ3v) is 7.94. The summed E-state index contributed by atoms with van der Waals surface area (Å²) in [4.78, 5) is 34.7. The van der Waals surface area contributed by atoms with Crippen molar-refractivity contribution < 1.29 is 22.7 Å². The average molecular weight is 595 g/mol. The van der Waals surface area contributed by atoms with Crippen molar-refractivity contribution in [2.24, 2.45) is 10.7 Å². The van der Waals surface area contributed by atoms with E-state index >= 15 is 0 Å². The fourth-order valence-corrected chi connectivity index (χ4v) is 5.56. The third-order valence-electron chi connectivity index (χ3n) is 6.44. The first-order chi connectivity index (χ1) is 18.4. The molecule has 0 fully saturated rings. The van der Waals surface area contributed by atoms with Crippen LogP contribution in [-0.4, -0.2) is 81.3 Å². The number of amides is 2. The number of halogens is 2. The molecule has 2 aromatic rings. The van der Waals surface area contributed by atoms with Gasteiger partial charge in [0.15, 0.2) is 0 Å². The second kappa shape index (κ2) is 12.0. The van der Waals surface area contributed by atoms with Gasteiger partial charge < -0.3 is 20.3 Å². The second-order valence-electron chi connectivity index (χ2n) is 9.42. The van der Waals surface area contributed by atoms with Crippen LogP contribution in [0.3, 0.4) is 0 Å². The molecule has 208 valence electrons. The Balaban J connectivity index is 1.63. The largest absolute Gasteiger partial charge is 0.497 e. The molecule has 4 rings (SSSR count). The number of benzene rings is 2. The number of nitrogens with two attached hydrogens (primary N) is 1. The van der Waals surface area contributed by atoms with Gasteiger partial charge in [-0.3, -0.25) is 14.6 Å². The van der Waals surface area contributed by atoms with Crippen LogP contribution < -0.4 is 15.2 Å². The van der Waals surface area contributed by atoms with Crippen LogP contribution in [-0.2, 0) is 21.4 Å². The number of nitrogens with zero attached hydrogens (tertiary/aromatic N) is 3. The molecule has 2 aromatic carbocycles. The highest BCUT2D eigenvalue weighted by Gasteiger charge is 2.34. The quantitative estimate of drug-likeness (QED) is 0.506. The number of hydrogen-bond donors (Lipinski definition) is 2. The van der Waals surface area contributed by atoms with E-state index in [-0.39, 0.29) is 42.8 Å². The van der Waals surface area contributed by atoms with E-state index in [1.165, 1.54) is 11.0 Å². The normalized spacial score (nSPS) is 18.6. The van der Waals surface area contributed by atoms with Crippen LogP contribution >= 0.6 is 23.2 Å². The first-order valence-electron chi connectivity index (χ1n) is 12.1. The highest BCUT2D eigenvalue weighted by atomic mass is 35.5. The lowest BCUT2D eigenvalue weighted by Crippen LogP contribution is -2.47. The Morgan fingerprint density at radius 2 is 1.90 bits per heavy atom. The minimum absolute atomic E-state index is 0.0325. The molecule has 0 aromatic heterocycles. The summed E-state index contributed by atoms with van der Waals surface area (Å²) in [6.07, 6.45) is 1.41. The fraction of sp³-hybridized carbons (Fsp3) is 0.346. The van der Waals surface area contributed by atoms with Crippen molar-refractivity contribution in [2.75, 3.05) is 39.5 Å². The zero-order valence-electron chi connectivity index (χ0n) is 21.5. The predicted octanol–water partition coefficient (Wildman–Crippen LogP) is 2.46. The van der Waals surface area contributed by atoms with Crippen molar-refractivity contribution in [3.05, 3.63) is 74.9 Å². The minimum Gasteiger partial charge on any atom is -0.497 e. The monoisotopic (exact) mass is 593 g/mol. The van der Waals surface area contributed by atoms with E-state index in [2.05, 4.69) is 9.71 Å². The molecule has 2 heterocycles. The number of carbonyl (C=O) groups is 2. The first kappa shape index (κ1) is 28.9.